The molecule has 0 aliphatic carbocycles. The zero-order chi connectivity index (χ0) is 13.8. The Morgan fingerprint density at radius 2 is 2.11 bits per heavy atom. The Morgan fingerprint density at radius 1 is 1.32 bits per heavy atom. The second-order valence-corrected chi connectivity index (χ2v) is 4.64. The molecule has 0 aliphatic rings. The van der Waals surface area contributed by atoms with E-state index in [9.17, 15) is 0 Å². The summed E-state index contributed by atoms with van der Waals surface area (Å²) < 4.78 is 7.42. The molecule has 0 fully saturated rings. The molecule has 0 aliphatic heterocycles. The average Bonchev–Trinajstić information content (AvgIpc) is 2.85. The fraction of sp³-hybridized carbons (Fsp3) is 0.429. The molecule has 5 heteroatoms. The van der Waals surface area contributed by atoms with Crippen LogP contribution in [0.15, 0.2) is 30.7 Å². The molecule has 2 aromatic heterocycles. The van der Waals surface area contributed by atoms with Crippen molar-refractivity contribution in [2.45, 2.75) is 25.9 Å². The molecule has 2 heterocycles. The van der Waals surface area contributed by atoms with Crippen molar-refractivity contribution in [1.82, 2.24) is 20.1 Å². The van der Waals surface area contributed by atoms with Crippen LogP contribution in [-0.2, 0) is 0 Å². The van der Waals surface area contributed by atoms with Gasteiger partial charge in [0.1, 0.15) is 5.69 Å². The molecule has 0 spiro atoms. The molecule has 1 N–H and O–H groups in total. The molecule has 0 bridgehead atoms. The van der Waals surface area contributed by atoms with E-state index >= 15 is 0 Å². The normalized spacial score (nSPS) is 12.7. The Labute approximate surface area is 113 Å². The van der Waals surface area contributed by atoms with Crippen molar-refractivity contribution in [1.29, 1.82) is 0 Å². The van der Waals surface area contributed by atoms with Crippen LogP contribution in [0.4, 0.5) is 0 Å². The number of hydrogen-bond donors (Lipinski definition) is 1. The van der Waals surface area contributed by atoms with Gasteiger partial charge in [-0.2, -0.15) is 5.10 Å². The molecule has 0 saturated heterocycles. The standard InChI is InChI=1S/C14H20N4O/c1-10(2)18-14(12(19-4)9-17-18)13(15-3)11-6-5-7-16-8-11/h5-10,13,15H,1-4H3. The van der Waals surface area contributed by atoms with Crippen molar-refractivity contribution in [2.75, 3.05) is 14.2 Å². The number of nitrogens with one attached hydrogen (secondary N) is 1. The van der Waals surface area contributed by atoms with Crippen LogP contribution >= 0.6 is 0 Å². The molecule has 0 radical (unpaired) electrons. The molecule has 102 valence electrons. The van der Waals surface area contributed by atoms with E-state index in [1.807, 2.05) is 30.1 Å². The third-order valence-corrected chi connectivity index (χ3v) is 3.09. The fourth-order valence-corrected chi connectivity index (χ4v) is 2.21. The van der Waals surface area contributed by atoms with E-state index in [0.717, 1.165) is 17.0 Å². The molecule has 19 heavy (non-hydrogen) atoms. The van der Waals surface area contributed by atoms with Crippen molar-refractivity contribution in [3.63, 3.8) is 0 Å². The highest BCUT2D eigenvalue weighted by atomic mass is 16.5. The zero-order valence-corrected chi connectivity index (χ0v) is 11.8. The smallest absolute Gasteiger partial charge is 0.161 e. The Bertz CT molecular complexity index is 521. The van der Waals surface area contributed by atoms with Crippen LogP contribution in [0.25, 0.3) is 0 Å². The monoisotopic (exact) mass is 260 g/mol. The molecular weight excluding hydrogens is 240 g/mol. The molecule has 2 rings (SSSR count). The maximum atomic E-state index is 5.44. The number of aromatic nitrogens is 3. The van der Waals surface area contributed by atoms with Crippen molar-refractivity contribution in [3.05, 3.63) is 42.0 Å². The van der Waals surface area contributed by atoms with Gasteiger partial charge in [-0.3, -0.25) is 9.67 Å². The van der Waals surface area contributed by atoms with E-state index in [1.165, 1.54) is 0 Å². The predicted molar refractivity (Wildman–Crippen MR) is 74.3 cm³/mol. The summed E-state index contributed by atoms with van der Waals surface area (Å²) in [5, 5.41) is 7.72. The lowest BCUT2D eigenvalue weighted by molar-refractivity contribution is 0.396. The van der Waals surface area contributed by atoms with Crippen LogP contribution in [-0.4, -0.2) is 28.9 Å². The Kier molecular flexibility index (Phi) is 4.16. The summed E-state index contributed by atoms with van der Waals surface area (Å²) in [6.07, 6.45) is 5.39. The second kappa shape index (κ2) is 5.84. The number of pyridine rings is 1. The highest BCUT2D eigenvalue weighted by Gasteiger charge is 2.23. The molecule has 0 amide bonds. The highest BCUT2D eigenvalue weighted by molar-refractivity contribution is 5.35. The molecule has 1 atom stereocenters. The molecular formula is C14H20N4O. The van der Waals surface area contributed by atoms with Crippen molar-refractivity contribution in [3.8, 4) is 5.75 Å². The van der Waals surface area contributed by atoms with E-state index < -0.39 is 0 Å². The van der Waals surface area contributed by atoms with E-state index in [0.29, 0.717) is 0 Å². The van der Waals surface area contributed by atoms with Gasteiger partial charge in [0.15, 0.2) is 5.75 Å². The van der Waals surface area contributed by atoms with E-state index in [4.69, 9.17) is 4.74 Å². The van der Waals surface area contributed by atoms with E-state index in [-0.39, 0.29) is 12.1 Å². The SMILES string of the molecule is CNC(c1cccnc1)c1c(OC)cnn1C(C)C. The number of rotatable bonds is 5. The summed E-state index contributed by atoms with van der Waals surface area (Å²) >= 11 is 0. The lowest BCUT2D eigenvalue weighted by atomic mass is 10.1. The second-order valence-electron chi connectivity index (χ2n) is 4.64. The molecule has 1 unspecified atom stereocenters. The number of ether oxygens (including phenoxy) is 1. The fourth-order valence-electron chi connectivity index (χ4n) is 2.21. The first-order chi connectivity index (χ1) is 9.19. The minimum Gasteiger partial charge on any atom is -0.493 e. The largest absolute Gasteiger partial charge is 0.493 e. The zero-order valence-electron chi connectivity index (χ0n) is 11.8. The van der Waals surface area contributed by atoms with Gasteiger partial charge < -0.3 is 10.1 Å². The predicted octanol–water partition coefficient (Wildman–Crippen LogP) is 2.18. The van der Waals surface area contributed by atoms with Gasteiger partial charge in [-0.1, -0.05) is 6.07 Å². The quantitative estimate of drug-likeness (QED) is 0.895. The van der Waals surface area contributed by atoms with Gasteiger partial charge in [0.05, 0.1) is 19.3 Å². The lowest BCUT2D eigenvalue weighted by Crippen LogP contribution is -2.23. The highest BCUT2D eigenvalue weighted by Crippen LogP contribution is 2.31. The summed E-state index contributed by atoms with van der Waals surface area (Å²) in [5.41, 5.74) is 2.11. The van der Waals surface area contributed by atoms with Gasteiger partial charge in [0.2, 0.25) is 0 Å². The van der Waals surface area contributed by atoms with Crippen LogP contribution in [0.5, 0.6) is 5.75 Å². The number of methoxy groups -OCH3 is 1. The van der Waals surface area contributed by atoms with Crippen LogP contribution < -0.4 is 10.1 Å². The van der Waals surface area contributed by atoms with Gasteiger partial charge in [-0.05, 0) is 32.5 Å². The topological polar surface area (TPSA) is 52.0 Å². The molecule has 0 aromatic carbocycles. The Balaban J connectivity index is 2.51. The first-order valence-corrected chi connectivity index (χ1v) is 6.37. The van der Waals surface area contributed by atoms with Crippen molar-refractivity contribution >= 4 is 0 Å². The Hall–Kier alpha value is -1.88. The van der Waals surface area contributed by atoms with E-state index in [1.54, 1.807) is 19.5 Å². The van der Waals surface area contributed by atoms with Crippen molar-refractivity contribution in [2.24, 2.45) is 0 Å². The van der Waals surface area contributed by atoms with Gasteiger partial charge in [-0.25, -0.2) is 0 Å². The maximum Gasteiger partial charge on any atom is 0.161 e. The average molecular weight is 260 g/mol. The summed E-state index contributed by atoms with van der Waals surface area (Å²) in [6.45, 7) is 4.21. The first-order valence-electron chi connectivity index (χ1n) is 6.37. The number of hydrogen-bond acceptors (Lipinski definition) is 4. The first kappa shape index (κ1) is 13.5. The van der Waals surface area contributed by atoms with Crippen molar-refractivity contribution < 1.29 is 4.74 Å². The third-order valence-electron chi connectivity index (χ3n) is 3.09. The Morgan fingerprint density at radius 3 is 2.63 bits per heavy atom. The maximum absolute atomic E-state index is 5.44. The third kappa shape index (κ3) is 2.61. The summed E-state index contributed by atoms with van der Waals surface area (Å²) in [5.74, 6) is 0.789. The van der Waals surface area contributed by atoms with E-state index in [2.05, 4.69) is 29.2 Å². The molecule has 0 saturated carbocycles. The summed E-state index contributed by atoms with van der Waals surface area (Å²) in [7, 11) is 3.59. The molecule has 5 nitrogen and oxygen atoms in total. The minimum atomic E-state index is 0.00792. The van der Waals surface area contributed by atoms with Crippen LogP contribution in [0, 0.1) is 0 Å². The van der Waals surface area contributed by atoms with Gasteiger partial charge in [0, 0.05) is 18.4 Å². The van der Waals surface area contributed by atoms with Crippen LogP contribution in [0.1, 0.15) is 37.2 Å². The lowest BCUT2D eigenvalue weighted by Gasteiger charge is -2.21. The van der Waals surface area contributed by atoms with Gasteiger partial charge in [0.25, 0.3) is 0 Å². The summed E-state index contributed by atoms with van der Waals surface area (Å²) in [6, 6.07) is 4.26. The van der Waals surface area contributed by atoms with Gasteiger partial charge in [-0.15, -0.1) is 0 Å². The number of nitrogens with zero attached hydrogens (tertiary/aromatic N) is 3. The van der Waals surface area contributed by atoms with Gasteiger partial charge >= 0.3 is 0 Å². The van der Waals surface area contributed by atoms with Crippen LogP contribution in [0.3, 0.4) is 0 Å². The van der Waals surface area contributed by atoms with Crippen LogP contribution in [0.2, 0.25) is 0 Å². The molecule has 2 aromatic rings. The summed E-state index contributed by atoms with van der Waals surface area (Å²) in [4.78, 5) is 4.18. The minimum absolute atomic E-state index is 0.00792.